The van der Waals surface area contributed by atoms with E-state index >= 15 is 0 Å². The average molecular weight is 475 g/mol. The van der Waals surface area contributed by atoms with E-state index in [1.807, 2.05) is 70.2 Å². The quantitative estimate of drug-likeness (QED) is 0.575. The molecule has 162 valence electrons. The minimum atomic E-state index is -0.609. The summed E-state index contributed by atoms with van der Waals surface area (Å²) in [5.41, 5.74) is 3.06. The Kier molecular flexibility index (Phi) is 8.90. The molecule has 5 nitrogen and oxygen atoms in total. The molecule has 1 atom stereocenters. The van der Waals surface area contributed by atoms with Crippen molar-refractivity contribution in [2.75, 3.05) is 13.2 Å². The number of aryl methyl sites for hydroxylation is 1. The van der Waals surface area contributed by atoms with Gasteiger partial charge in [-0.2, -0.15) is 0 Å². The molecule has 0 aliphatic heterocycles. The zero-order valence-electron chi connectivity index (χ0n) is 18.4. The van der Waals surface area contributed by atoms with Crippen LogP contribution >= 0.6 is 15.9 Å². The SMILES string of the molecule is Cc1cccc(OCC(=O)N(Cc2ccc(Br)cc2)[C@@H](C)C(=O)NCC(C)C)c1C. The molecule has 0 fully saturated rings. The molecule has 0 saturated heterocycles. The van der Waals surface area contributed by atoms with Crippen LogP contribution in [0, 0.1) is 19.8 Å². The van der Waals surface area contributed by atoms with Crippen molar-refractivity contribution in [3.8, 4) is 5.75 Å². The first kappa shape index (κ1) is 23.9. The van der Waals surface area contributed by atoms with Gasteiger partial charge >= 0.3 is 0 Å². The first-order valence-electron chi connectivity index (χ1n) is 10.2. The van der Waals surface area contributed by atoms with Crippen molar-refractivity contribution in [1.29, 1.82) is 0 Å². The molecule has 0 aromatic heterocycles. The maximum absolute atomic E-state index is 13.1. The number of ether oxygens (including phenoxy) is 1. The Morgan fingerprint density at radius 1 is 1.07 bits per heavy atom. The molecule has 0 unspecified atom stereocenters. The Balaban J connectivity index is 2.15. The van der Waals surface area contributed by atoms with Crippen LogP contribution in [0.5, 0.6) is 5.75 Å². The first-order chi connectivity index (χ1) is 14.2. The molecule has 2 amide bonds. The molecule has 0 spiro atoms. The van der Waals surface area contributed by atoms with Gasteiger partial charge in [0.05, 0.1) is 0 Å². The summed E-state index contributed by atoms with van der Waals surface area (Å²) in [5, 5.41) is 2.92. The van der Waals surface area contributed by atoms with Gasteiger partial charge in [0.1, 0.15) is 11.8 Å². The molecule has 0 aliphatic rings. The molecule has 0 saturated carbocycles. The third kappa shape index (κ3) is 6.87. The van der Waals surface area contributed by atoms with Crippen LogP contribution in [0.15, 0.2) is 46.9 Å². The Labute approximate surface area is 187 Å². The molecule has 6 heteroatoms. The van der Waals surface area contributed by atoms with E-state index in [1.165, 1.54) is 0 Å². The Hall–Kier alpha value is -2.34. The molecule has 0 heterocycles. The van der Waals surface area contributed by atoms with Crippen LogP contribution in [0.3, 0.4) is 0 Å². The van der Waals surface area contributed by atoms with Crippen molar-refractivity contribution in [3.05, 3.63) is 63.6 Å². The number of halogens is 1. The third-order valence-electron chi connectivity index (χ3n) is 5.02. The highest BCUT2D eigenvalue weighted by molar-refractivity contribution is 9.10. The number of carbonyl (C=O) groups excluding carboxylic acids is 2. The van der Waals surface area contributed by atoms with Crippen molar-refractivity contribution >= 4 is 27.7 Å². The van der Waals surface area contributed by atoms with Gasteiger partial charge in [-0.1, -0.05) is 54.0 Å². The normalized spacial score (nSPS) is 11.8. The van der Waals surface area contributed by atoms with E-state index in [-0.39, 0.29) is 18.4 Å². The lowest BCUT2D eigenvalue weighted by molar-refractivity contribution is -0.142. The molecular formula is C24H31BrN2O3. The Morgan fingerprint density at radius 2 is 1.73 bits per heavy atom. The van der Waals surface area contributed by atoms with Crippen molar-refractivity contribution < 1.29 is 14.3 Å². The number of hydrogen-bond donors (Lipinski definition) is 1. The highest BCUT2D eigenvalue weighted by atomic mass is 79.9. The zero-order chi connectivity index (χ0) is 22.3. The second kappa shape index (κ2) is 11.2. The number of amides is 2. The summed E-state index contributed by atoms with van der Waals surface area (Å²) >= 11 is 3.43. The van der Waals surface area contributed by atoms with Crippen LogP contribution in [-0.2, 0) is 16.1 Å². The number of hydrogen-bond acceptors (Lipinski definition) is 3. The summed E-state index contributed by atoms with van der Waals surface area (Å²) in [7, 11) is 0. The highest BCUT2D eigenvalue weighted by Gasteiger charge is 2.26. The Bertz CT molecular complexity index is 865. The van der Waals surface area contributed by atoms with Crippen LogP contribution < -0.4 is 10.1 Å². The van der Waals surface area contributed by atoms with E-state index in [9.17, 15) is 9.59 Å². The van der Waals surface area contributed by atoms with Gasteiger partial charge in [0, 0.05) is 17.6 Å². The van der Waals surface area contributed by atoms with Crippen LogP contribution in [-0.4, -0.2) is 35.9 Å². The monoisotopic (exact) mass is 474 g/mol. The fourth-order valence-corrected chi connectivity index (χ4v) is 3.19. The van der Waals surface area contributed by atoms with Gasteiger partial charge in [0.25, 0.3) is 5.91 Å². The maximum atomic E-state index is 13.1. The van der Waals surface area contributed by atoms with Gasteiger partial charge in [0.15, 0.2) is 6.61 Å². The molecular weight excluding hydrogens is 444 g/mol. The molecule has 0 aliphatic carbocycles. The van der Waals surface area contributed by atoms with Crippen molar-refractivity contribution in [1.82, 2.24) is 10.2 Å². The minimum absolute atomic E-state index is 0.122. The second-order valence-electron chi connectivity index (χ2n) is 7.95. The number of benzene rings is 2. The number of carbonyl (C=O) groups is 2. The predicted octanol–water partition coefficient (Wildman–Crippen LogP) is 4.63. The Morgan fingerprint density at radius 3 is 2.37 bits per heavy atom. The summed E-state index contributed by atoms with van der Waals surface area (Å²) in [6.45, 7) is 10.6. The van der Waals surface area contributed by atoms with E-state index < -0.39 is 6.04 Å². The molecule has 1 N–H and O–H groups in total. The van der Waals surface area contributed by atoms with Gasteiger partial charge < -0.3 is 15.0 Å². The average Bonchev–Trinajstić information content (AvgIpc) is 2.71. The maximum Gasteiger partial charge on any atom is 0.261 e. The number of nitrogens with zero attached hydrogens (tertiary/aromatic N) is 1. The number of rotatable bonds is 9. The minimum Gasteiger partial charge on any atom is -0.483 e. The van der Waals surface area contributed by atoms with Crippen LogP contribution in [0.2, 0.25) is 0 Å². The van der Waals surface area contributed by atoms with Crippen molar-refractivity contribution in [3.63, 3.8) is 0 Å². The van der Waals surface area contributed by atoms with Gasteiger partial charge in [-0.15, -0.1) is 0 Å². The molecule has 2 aromatic rings. The summed E-state index contributed by atoms with van der Waals surface area (Å²) < 4.78 is 6.78. The van der Waals surface area contributed by atoms with Crippen molar-refractivity contribution in [2.45, 2.75) is 47.2 Å². The van der Waals surface area contributed by atoms with Gasteiger partial charge in [-0.3, -0.25) is 9.59 Å². The molecule has 0 bridgehead atoms. The summed E-state index contributed by atoms with van der Waals surface area (Å²) in [4.78, 5) is 27.3. The first-order valence-corrected chi connectivity index (χ1v) is 11.0. The largest absolute Gasteiger partial charge is 0.483 e. The smallest absolute Gasteiger partial charge is 0.261 e. The van der Waals surface area contributed by atoms with Crippen LogP contribution in [0.1, 0.15) is 37.5 Å². The molecule has 2 aromatic carbocycles. The standard InChI is InChI=1S/C24H31BrN2O3/c1-16(2)13-26-24(29)19(5)27(14-20-9-11-21(25)12-10-20)23(28)15-30-22-8-6-7-17(3)18(22)4/h6-12,16,19H,13-15H2,1-5H3,(H,26,29)/t19-/m0/s1. The van der Waals surface area contributed by atoms with Crippen LogP contribution in [0.25, 0.3) is 0 Å². The van der Waals surface area contributed by atoms with Gasteiger partial charge in [-0.05, 0) is 61.6 Å². The van der Waals surface area contributed by atoms with E-state index in [0.29, 0.717) is 24.8 Å². The second-order valence-corrected chi connectivity index (χ2v) is 8.87. The number of nitrogens with one attached hydrogen (secondary N) is 1. The van der Waals surface area contributed by atoms with E-state index in [4.69, 9.17) is 4.74 Å². The van der Waals surface area contributed by atoms with E-state index in [0.717, 1.165) is 21.2 Å². The van der Waals surface area contributed by atoms with E-state index in [1.54, 1.807) is 11.8 Å². The summed E-state index contributed by atoms with van der Waals surface area (Å²) in [5.74, 6) is 0.625. The molecule has 2 rings (SSSR count). The summed E-state index contributed by atoms with van der Waals surface area (Å²) in [6.07, 6.45) is 0. The van der Waals surface area contributed by atoms with Crippen molar-refractivity contribution in [2.24, 2.45) is 5.92 Å². The fraction of sp³-hybridized carbons (Fsp3) is 0.417. The lowest BCUT2D eigenvalue weighted by Gasteiger charge is -2.29. The van der Waals surface area contributed by atoms with Gasteiger partial charge in [0.2, 0.25) is 5.91 Å². The van der Waals surface area contributed by atoms with E-state index in [2.05, 4.69) is 21.2 Å². The topological polar surface area (TPSA) is 58.6 Å². The summed E-state index contributed by atoms with van der Waals surface area (Å²) in [6, 6.07) is 12.9. The van der Waals surface area contributed by atoms with Gasteiger partial charge in [-0.25, -0.2) is 0 Å². The fourth-order valence-electron chi connectivity index (χ4n) is 2.92. The highest BCUT2D eigenvalue weighted by Crippen LogP contribution is 2.21. The lowest BCUT2D eigenvalue weighted by atomic mass is 10.1. The lowest BCUT2D eigenvalue weighted by Crippen LogP contribution is -2.49. The predicted molar refractivity (Wildman–Crippen MR) is 123 cm³/mol. The molecule has 30 heavy (non-hydrogen) atoms. The van der Waals surface area contributed by atoms with Crippen LogP contribution in [0.4, 0.5) is 0 Å². The third-order valence-corrected chi connectivity index (χ3v) is 5.55. The zero-order valence-corrected chi connectivity index (χ0v) is 20.0. The molecule has 0 radical (unpaired) electrons.